The smallest absolute Gasteiger partial charge is 0.266 e. The fourth-order valence-electron chi connectivity index (χ4n) is 2.56. The Bertz CT molecular complexity index is 855. The molecule has 140 valence electrons. The molecule has 0 saturated carbocycles. The molecule has 1 aromatic carbocycles. The number of benzene rings is 1. The van der Waals surface area contributed by atoms with E-state index in [1.165, 1.54) is 25.3 Å². The van der Waals surface area contributed by atoms with Crippen LogP contribution in [-0.4, -0.2) is 45.0 Å². The minimum Gasteiger partial charge on any atom is -0.495 e. The standard InChI is InChI=1S/C16H19ClN4O4S/c1-24-13-5-4-11(17)9-14(13)26(22,23)21-16-7-6-15(19-20-16)18-10-12-3-2-8-25-12/h4-7,9,12H,2-3,8,10H2,1H3,(H,18,19)(H,20,21). The third-order valence-electron chi connectivity index (χ3n) is 3.85. The molecular formula is C16H19ClN4O4S. The lowest BCUT2D eigenvalue weighted by atomic mass is 10.2. The molecule has 0 spiro atoms. The summed E-state index contributed by atoms with van der Waals surface area (Å²) in [5, 5.41) is 11.3. The molecule has 0 radical (unpaired) electrons. The third-order valence-corrected chi connectivity index (χ3v) is 5.46. The van der Waals surface area contributed by atoms with Crippen LogP contribution in [0.4, 0.5) is 11.6 Å². The minimum atomic E-state index is -3.92. The molecule has 10 heteroatoms. The van der Waals surface area contributed by atoms with E-state index in [4.69, 9.17) is 21.1 Å². The number of nitrogens with one attached hydrogen (secondary N) is 2. The van der Waals surface area contributed by atoms with Crippen LogP contribution in [0.25, 0.3) is 0 Å². The van der Waals surface area contributed by atoms with E-state index in [1.807, 2.05) is 0 Å². The zero-order chi connectivity index (χ0) is 18.6. The van der Waals surface area contributed by atoms with E-state index in [1.54, 1.807) is 12.1 Å². The van der Waals surface area contributed by atoms with E-state index in [9.17, 15) is 8.42 Å². The van der Waals surface area contributed by atoms with E-state index >= 15 is 0 Å². The molecule has 2 N–H and O–H groups in total. The van der Waals surface area contributed by atoms with Crippen LogP contribution in [0.3, 0.4) is 0 Å². The van der Waals surface area contributed by atoms with E-state index in [0.717, 1.165) is 19.4 Å². The lowest BCUT2D eigenvalue weighted by molar-refractivity contribution is 0.120. The monoisotopic (exact) mass is 398 g/mol. The van der Waals surface area contributed by atoms with Crippen molar-refractivity contribution in [1.29, 1.82) is 0 Å². The van der Waals surface area contributed by atoms with Gasteiger partial charge in [-0.05, 0) is 43.2 Å². The zero-order valence-electron chi connectivity index (χ0n) is 14.1. The molecule has 1 fully saturated rings. The summed E-state index contributed by atoms with van der Waals surface area (Å²) < 4.78 is 38.1. The van der Waals surface area contributed by atoms with Gasteiger partial charge >= 0.3 is 0 Å². The molecule has 1 saturated heterocycles. The number of aromatic nitrogens is 2. The third kappa shape index (κ3) is 4.54. The Balaban J connectivity index is 1.68. The number of methoxy groups -OCH3 is 1. The van der Waals surface area contributed by atoms with Crippen LogP contribution in [0.2, 0.25) is 5.02 Å². The Hall–Kier alpha value is -2.10. The van der Waals surface area contributed by atoms with Crippen LogP contribution in [-0.2, 0) is 14.8 Å². The summed E-state index contributed by atoms with van der Waals surface area (Å²) in [6, 6.07) is 7.52. The predicted octanol–water partition coefficient (Wildman–Crippen LogP) is 2.53. The van der Waals surface area contributed by atoms with Gasteiger partial charge in [-0.15, -0.1) is 10.2 Å². The van der Waals surface area contributed by atoms with E-state index in [2.05, 4.69) is 20.2 Å². The van der Waals surface area contributed by atoms with Crippen molar-refractivity contribution in [1.82, 2.24) is 10.2 Å². The van der Waals surface area contributed by atoms with Crippen LogP contribution in [0.5, 0.6) is 5.75 Å². The number of hydrogen-bond donors (Lipinski definition) is 2. The molecule has 0 aliphatic carbocycles. The van der Waals surface area contributed by atoms with Crippen molar-refractivity contribution in [3.63, 3.8) is 0 Å². The van der Waals surface area contributed by atoms with Crippen molar-refractivity contribution in [2.45, 2.75) is 23.8 Å². The van der Waals surface area contributed by atoms with E-state index in [-0.39, 0.29) is 27.6 Å². The topological polar surface area (TPSA) is 102 Å². The Morgan fingerprint density at radius 3 is 2.69 bits per heavy atom. The normalized spacial score (nSPS) is 17.1. The summed E-state index contributed by atoms with van der Waals surface area (Å²) in [6.07, 6.45) is 2.25. The molecule has 1 aromatic heterocycles. The van der Waals surface area contributed by atoms with Crippen molar-refractivity contribution in [3.05, 3.63) is 35.4 Å². The average Bonchev–Trinajstić information content (AvgIpc) is 3.14. The van der Waals surface area contributed by atoms with E-state index < -0.39 is 10.0 Å². The van der Waals surface area contributed by atoms with Gasteiger partial charge in [0.15, 0.2) is 5.82 Å². The number of ether oxygens (including phenoxy) is 2. The summed E-state index contributed by atoms with van der Waals surface area (Å²) in [5.41, 5.74) is 0. The first-order valence-electron chi connectivity index (χ1n) is 8.03. The van der Waals surface area contributed by atoms with Crippen molar-refractivity contribution < 1.29 is 17.9 Å². The molecule has 1 aliphatic rings. The van der Waals surface area contributed by atoms with Gasteiger partial charge in [-0.1, -0.05) is 11.6 Å². The van der Waals surface area contributed by atoms with Gasteiger partial charge in [-0.3, -0.25) is 4.72 Å². The highest BCUT2D eigenvalue weighted by molar-refractivity contribution is 7.92. The van der Waals surface area contributed by atoms with Gasteiger partial charge in [0, 0.05) is 18.2 Å². The highest BCUT2D eigenvalue weighted by Gasteiger charge is 2.21. The maximum Gasteiger partial charge on any atom is 0.266 e. The second-order valence-corrected chi connectivity index (χ2v) is 7.81. The molecular weight excluding hydrogens is 380 g/mol. The molecule has 26 heavy (non-hydrogen) atoms. The summed E-state index contributed by atoms with van der Waals surface area (Å²) in [4.78, 5) is -0.0742. The maximum atomic E-state index is 12.6. The number of hydrogen-bond acceptors (Lipinski definition) is 7. The molecule has 2 heterocycles. The molecule has 0 amide bonds. The summed E-state index contributed by atoms with van der Waals surface area (Å²) >= 11 is 5.90. The second kappa shape index (κ2) is 8.07. The lowest BCUT2D eigenvalue weighted by Gasteiger charge is -2.12. The van der Waals surface area contributed by atoms with Gasteiger partial charge in [0.1, 0.15) is 16.5 Å². The van der Waals surface area contributed by atoms with Crippen molar-refractivity contribution in [3.8, 4) is 5.75 Å². The first kappa shape index (κ1) is 18.7. The number of halogens is 1. The first-order valence-corrected chi connectivity index (χ1v) is 9.89. The first-order chi connectivity index (χ1) is 12.5. The fourth-order valence-corrected chi connectivity index (χ4v) is 3.99. The molecule has 1 atom stereocenters. The quantitative estimate of drug-likeness (QED) is 0.738. The van der Waals surface area contributed by atoms with Gasteiger partial charge in [-0.25, -0.2) is 8.42 Å². The predicted molar refractivity (Wildman–Crippen MR) is 98.3 cm³/mol. The SMILES string of the molecule is COc1ccc(Cl)cc1S(=O)(=O)Nc1ccc(NCC2CCCO2)nn1. The van der Waals surface area contributed by atoms with Gasteiger partial charge in [-0.2, -0.15) is 0 Å². The Kier molecular flexibility index (Phi) is 5.80. The van der Waals surface area contributed by atoms with Gasteiger partial charge in [0.05, 0.1) is 13.2 Å². The largest absolute Gasteiger partial charge is 0.495 e. The van der Waals surface area contributed by atoms with Crippen LogP contribution in [0.15, 0.2) is 35.2 Å². The van der Waals surface area contributed by atoms with Gasteiger partial charge in [0.2, 0.25) is 0 Å². The molecule has 2 aromatic rings. The molecule has 1 aliphatic heterocycles. The van der Waals surface area contributed by atoms with E-state index in [0.29, 0.717) is 12.4 Å². The van der Waals surface area contributed by atoms with Crippen molar-refractivity contribution in [2.24, 2.45) is 0 Å². The van der Waals surface area contributed by atoms with Crippen molar-refractivity contribution >= 4 is 33.3 Å². The second-order valence-electron chi connectivity index (χ2n) is 5.72. The highest BCUT2D eigenvalue weighted by Crippen LogP contribution is 2.28. The van der Waals surface area contributed by atoms with Gasteiger partial charge < -0.3 is 14.8 Å². The average molecular weight is 399 g/mol. The molecule has 3 rings (SSSR count). The van der Waals surface area contributed by atoms with Gasteiger partial charge in [0.25, 0.3) is 10.0 Å². The Morgan fingerprint density at radius 1 is 1.27 bits per heavy atom. The number of sulfonamides is 1. The summed E-state index contributed by atoms with van der Waals surface area (Å²) in [6.45, 7) is 1.42. The maximum absolute atomic E-state index is 12.6. The molecule has 1 unspecified atom stereocenters. The fraction of sp³-hybridized carbons (Fsp3) is 0.375. The van der Waals surface area contributed by atoms with Crippen LogP contribution in [0, 0.1) is 0 Å². The van der Waals surface area contributed by atoms with Crippen LogP contribution < -0.4 is 14.8 Å². The summed E-state index contributed by atoms with van der Waals surface area (Å²) in [5.74, 6) is 0.822. The Morgan fingerprint density at radius 2 is 2.04 bits per heavy atom. The zero-order valence-corrected chi connectivity index (χ0v) is 15.7. The van der Waals surface area contributed by atoms with Crippen LogP contribution >= 0.6 is 11.6 Å². The lowest BCUT2D eigenvalue weighted by Crippen LogP contribution is -2.19. The molecule has 8 nitrogen and oxygen atoms in total. The number of rotatable bonds is 7. The number of nitrogens with zero attached hydrogens (tertiary/aromatic N) is 2. The molecule has 0 bridgehead atoms. The number of anilines is 2. The summed E-state index contributed by atoms with van der Waals surface area (Å²) in [7, 11) is -2.53. The van der Waals surface area contributed by atoms with Crippen molar-refractivity contribution in [2.75, 3.05) is 30.3 Å². The van der Waals surface area contributed by atoms with Crippen LogP contribution in [0.1, 0.15) is 12.8 Å². The minimum absolute atomic E-state index is 0.0742. The Labute approximate surface area is 156 Å². The highest BCUT2D eigenvalue weighted by atomic mass is 35.5.